The molecule has 9 heteroatoms. The molecule has 0 radical (unpaired) electrons. The van der Waals surface area contributed by atoms with Crippen LogP contribution in [0.25, 0.3) is 27.8 Å². The molecule has 2 bridgehead atoms. The first kappa shape index (κ1) is 19.2. The van der Waals surface area contributed by atoms with Crippen molar-refractivity contribution in [2.75, 3.05) is 5.32 Å². The predicted octanol–water partition coefficient (Wildman–Crippen LogP) is 4.46. The molecular weight excluding hydrogens is 416 g/mol. The number of aromatic amines is 1. The van der Waals surface area contributed by atoms with Gasteiger partial charge in [0.2, 0.25) is 5.95 Å². The van der Waals surface area contributed by atoms with Gasteiger partial charge in [0.15, 0.2) is 5.82 Å². The largest absolute Gasteiger partial charge is 0.481 e. The summed E-state index contributed by atoms with van der Waals surface area (Å²) in [5, 5.41) is 13.6. The highest BCUT2D eigenvalue weighted by Crippen LogP contribution is 2.46. The van der Waals surface area contributed by atoms with Crippen molar-refractivity contribution in [1.82, 2.24) is 19.4 Å². The molecule has 0 saturated heterocycles. The molecule has 1 unspecified atom stereocenters. The summed E-state index contributed by atoms with van der Waals surface area (Å²) in [6, 6.07) is 4.43. The molecule has 32 heavy (non-hydrogen) atoms. The van der Waals surface area contributed by atoms with Crippen molar-refractivity contribution in [3.63, 3.8) is 0 Å². The molecule has 3 N–H and O–H groups in total. The molecular formula is C23H21F2N5O2. The summed E-state index contributed by atoms with van der Waals surface area (Å²) in [5.74, 6) is -2.22. The summed E-state index contributed by atoms with van der Waals surface area (Å²) in [5.41, 5.74) is 2.09. The molecule has 4 aromatic rings. The summed E-state index contributed by atoms with van der Waals surface area (Å²) in [4.78, 5) is 23.7. The number of anilines is 1. The van der Waals surface area contributed by atoms with Gasteiger partial charge in [0.25, 0.3) is 0 Å². The minimum absolute atomic E-state index is 0.00575. The summed E-state index contributed by atoms with van der Waals surface area (Å²) < 4.78 is 30.7. The molecule has 7 rings (SSSR count). The lowest BCUT2D eigenvalue weighted by Crippen LogP contribution is -2.51. The fourth-order valence-electron chi connectivity index (χ4n) is 5.71. The number of H-pyrrole nitrogens is 1. The maximum atomic E-state index is 15.4. The summed E-state index contributed by atoms with van der Waals surface area (Å²) >= 11 is 0. The SMILES string of the molecule is O=C(O)[C@H]1C2CCC(CC2)C1Nc1nc(-c2c[nH]c3ncc(F)cc23)c2cccn2c1F. The lowest BCUT2D eigenvalue weighted by molar-refractivity contribution is -0.148. The topological polar surface area (TPSA) is 95.3 Å². The first-order chi connectivity index (χ1) is 15.5. The van der Waals surface area contributed by atoms with E-state index in [9.17, 15) is 14.3 Å². The highest BCUT2D eigenvalue weighted by Gasteiger charge is 2.47. The minimum atomic E-state index is -0.849. The van der Waals surface area contributed by atoms with Gasteiger partial charge in [-0.3, -0.25) is 9.20 Å². The van der Waals surface area contributed by atoms with Crippen LogP contribution in [0.1, 0.15) is 25.7 Å². The molecule has 2 atom stereocenters. The Labute approximate surface area is 181 Å². The van der Waals surface area contributed by atoms with Crippen LogP contribution in [0.4, 0.5) is 14.6 Å². The Bertz CT molecular complexity index is 1360. The zero-order valence-corrected chi connectivity index (χ0v) is 17.1. The molecule has 164 valence electrons. The summed E-state index contributed by atoms with van der Waals surface area (Å²) in [6.07, 6.45) is 8.05. The number of hydrogen-bond acceptors (Lipinski definition) is 4. The average molecular weight is 437 g/mol. The number of fused-ring (bicyclic) bond motifs is 5. The number of nitrogens with one attached hydrogen (secondary N) is 2. The number of carboxylic acids is 1. The van der Waals surface area contributed by atoms with Crippen molar-refractivity contribution >= 4 is 28.3 Å². The van der Waals surface area contributed by atoms with Crippen LogP contribution < -0.4 is 5.32 Å². The number of rotatable bonds is 4. The second kappa shape index (κ2) is 7.01. The lowest BCUT2D eigenvalue weighted by atomic mass is 9.61. The predicted molar refractivity (Wildman–Crippen MR) is 114 cm³/mol. The Morgan fingerprint density at radius 2 is 2.00 bits per heavy atom. The van der Waals surface area contributed by atoms with Crippen molar-refractivity contribution < 1.29 is 18.7 Å². The van der Waals surface area contributed by atoms with Crippen molar-refractivity contribution in [1.29, 1.82) is 0 Å². The first-order valence-corrected chi connectivity index (χ1v) is 10.8. The van der Waals surface area contributed by atoms with Gasteiger partial charge in [0.05, 0.1) is 23.3 Å². The van der Waals surface area contributed by atoms with E-state index < -0.39 is 23.7 Å². The van der Waals surface area contributed by atoms with E-state index in [1.54, 1.807) is 24.5 Å². The van der Waals surface area contributed by atoms with Crippen LogP contribution in [0, 0.1) is 29.5 Å². The minimum Gasteiger partial charge on any atom is -0.481 e. The number of aliphatic carboxylic acids is 1. The van der Waals surface area contributed by atoms with Crippen molar-refractivity contribution in [2.24, 2.45) is 17.8 Å². The lowest BCUT2D eigenvalue weighted by Gasteiger charge is -2.47. The quantitative estimate of drug-likeness (QED) is 0.438. The van der Waals surface area contributed by atoms with E-state index in [1.807, 2.05) is 0 Å². The van der Waals surface area contributed by atoms with E-state index in [2.05, 4.69) is 20.3 Å². The Balaban J connectivity index is 1.49. The van der Waals surface area contributed by atoms with Crippen LogP contribution in [-0.2, 0) is 4.79 Å². The molecule has 4 aromatic heterocycles. The van der Waals surface area contributed by atoms with Gasteiger partial charge in [0.1, 0.15) is 11.5 Å². The van der Waals surface area contributed by atoms with Gasteiger partial charge in [0, 0.05) is 29.4 Å². The Hall–Kier alpha value is -3.49. The van der Waals surface area contributed by atoms with Crippen LogP contribution in [0.2, 0.25) is 0 Å². The van der Waals surface area contributed by atoms with Crippen LogP contribution >= 0.6 is 0 Å². The smallest absolute Gasteiger partial charge is 0.308 e. The monoisotopic (exact) mass is 437 g/mol. The van der Waals surface area contributed by atoms with E-state index in [0.29, 0.717) is 27.8 Å². The van der Waals surface area contributed by atoms with E-state index in [0.717, 1.165) is 31.9 Å². The normalized spacial score (nSPS) is 24.9. The Morgan fingerprint density at radius 1 is 1.22 bits per heavy atom. The van der Waals surface area contributed by atoms with Crippen molar-refractivity contribution in [3.05, 3.63) is 48.6 Å². The zero-order chi connectivity index (χ0) is 22.0. The first-order valence-electron chi connectivity index (χ1n) is 10.8. The molecule has 3 saturated carbocycles. The van der Waals surface area contributed by atoms with Gasteiger partial charge in [-0.25, -0.2) is 14.4 Å². The van der Waals surface area contributed by atoms with Gasteiger partial charge < -0.3 is 15.4 Å². The third-order valence-corrected chi connectivity index (χ3v) is 7.18. The molecule has 0 spiro atoms. The van der Waals surface area contributed by atoms with E-state index >= 15 is 4.39 Å². The third-order valence-electron chi connectivity index (χ3n) is 7.18. The number of pyridine rings is 1. The number of carboxylic acid groups (broad SMARTS) is 1. The van der Waals surface area contributed by atoms with Crippen molar-refractivity contribution in [3.8, 4) is 11.3 Å². The molecule has 7 nitrogen and oxygen atoms in total. The highest BCUT2D eigenvalue weighted by molar-refractivity contribution is 5.97. The molecule has 3 aliphatic carbocycles. The van der Waals surface area contributed by atoms with Crippen LogP contribution in [0.3, 0.4) is 0 Å². The van der Waals surface area contributed by atoms with E-state index in [4.69, 9.17) is 0 Å². The fraction of sp³-hybridized carbons (Fsp3) is 0.348. The zero-order valence-electron chi connectivity index (χ0n) is 17.1. The van der Waals surface area contributed by atoms with Gasteiger partial charge >= 0.3 is 5.97 Å². The second-order valence-electron chi connectivity index (χ2n) is 8.82. The molecule has 0 aromatic carbocycles. The third kappa shape index (κ3) is 2.80. The molecule has 0 amide bonds. The maximum absolute atomic E-state index is 15.4. The van der Waals surface area contributed by atoms with Crippen molar-refractivity contribution in [2.45, 2.75) is 31.7 Å². The van der Waals surface area contributed by atoms with Crippen LogP contribution in [0.5, 0.6) is 0 Å². The van der Waals surface area contributed by atoms with Gasteiger partial charge in [-0.05, 0) is 55.7 Å². The van der Waals surface area contributed by atoms with E-state index in [1.165, 1.54) is 10.5 Å². The number of halogens is 2. The van der Waals surface area contributed by atoms with Crippen LogP contribution in [0.15, 0.2) is 36.8 Å². The highest BCUT2D eigenvalue weighted by atomic mass is 19.1. The summed E-state index contributed by atoms with van der Waals surface area (Å²) in [7, 11) is 0. The van der Waals surface area contributed by atoms with Gasteiger partial charge in [-0.15, -0.1) is 0 Å². The molecule has 0 aliphatic heterocycles. The van der Waals surface area contributed by atoms with Crippen LogP contribution in [-0.4, -0.2) is 36.5 Å². The average Bonchev–Trinajstić information content (AvgIpc) is 3.44. The fourth-order valence-corrected chi connectivity index (χ4v) is 5.71. The molecule has 4 heterocycles. The van der Waals surface area contributed by atoms with Gasteiger partial charge in [-0.2, -0.15) is 4.39 Å². The van der Waals surface area contributed by atoms with E-state index in [-0.39, 0.29) is 23.7 Å². The number of carbonyl (C=O) groups is 1. The second-order valence-corrected chi connectivity index (χ2v) is 8.82. The Morgan fingerprint density at radius 3 is 2.78 bits per heavy atom. The maximum Gasteiger partial charge on any atom is 0.308 e. The van der Waals surface area contributed by atoms with Gasteiger partial charge in [-0.1, -0.05) is 0 Å². The summed E-state index contributed by atoms with van der Waals surface area (Å²) in [6.45, 7) is 0. The standard InChI is InChI=1S/C23H21F2N5O2/c24-13-8-14-15(10-27-21(14)26-9-13)19-16-2-1-7-30(16)20(25)22(29-19)28-18-12-5-3-11(4-6-12)17(18)23(31)32/h1-2,7-12,17-18,28H,3-6H2,(H,26,27)(H,31,32)/t11?,12?,17-,18?/m0/s1. The molecule has 3 aliphatic rings. The number of hydrogen-bond donors (Lipinski definition) is 3. The number of nitrogens with zero attached hydrogens (tertiary/aromatic N) is 3. The Kier molecular flexibility index (Phi) is 4.21. The number of aromatic nitrogens is 4. The molecule has 3 fully saturated rings.